The van der Waals surface area contributed by atoms with Crippen molar-refractivity contribution < 1.29 is 0 Å². The summed E-state index contributed by atoms with van der Waals surface area (Å²) in [6.45, 7) is 0. The van der Waals surface area contributed by atoms with Gasteiger partial charge in [-0.1, -0.05) is 170 Å². The summed E-state index contributed by atoms with van der Waals surface area (Å²) in [5.41, 5.74) is 13.7. The largest absolute Gasteiger partial charge is 0.309 e. The number of fused-ring (bicyclic) bond motifs is 6. The third-order valence-corrected chi connectivity index (χ3v) is 11.8. The Morgan fingerprint density at radius 1 is 0.258 bits per heavy atom. The van der Waals surface area contributed by atoms with Gasteiger partial charge in [-0.2, -0.15) is 9.97 Å². The normalized spacial score (nSPS) is 11.5. The third-order valence-electron chi connectivity index (χ3n) is 11.8. The molecule has 8 aromatic carbocycles. The summed E-state index contributed by atoms with van der Waals surface area (Å²) in [5.74, 6) is 1.83. The maximum atomic E-state index is 5.17. The second kappa shape index (κ2) is 14.7. The van der Waals surface area contributed by atoms with Crippen LogP contribution in [0.3, 0.4) is 0 Å². The quantitative estimate of drug-likeness (QED) is 0.161. The van der Waals surface area contributed by atoms with E-state index in [-0.39, 0.29) is 0 Å². The minimum atomic E-state index is 0.574. The number of hydrogen-bond acceptors (Lipinski definition) is 4. The Morgan fingerprint density at radius 2 is 0.677 bits per heavy atom. The zero-order valence-electron chi connectivity index (χ0n) is 33.5. The molecule has 0 aliphatic rings. The van der Waals surface area contributed by atoms with Crippen molar-refractivity contribution in [3.63, 3.8) is 0 Å². The number of nitrogens with zero attached hydrogens (tertiary/aromatic N) is 6. The second-order valence-electron chi connectivity index (χ2n) is 15.5. The van der Waals surface area contributed by atoms with Crippen LogP contribution < -0.4 is 0 Å². The molecular weight excluding hydrogens is 757 g/mol. The molecule has 62 heavy (non-hydrogen) atoms. The van der Waals surface area contributed by atoms with Crippen molar-refractivity contribution >= 4 is 43.6 Å². The molecule has 6 nitrogen and oxygen atoms in total. The maximum Gasteiger partial charge on any atom is 0.238 e. The van der Waals surface area contributed by atoms with E-state index in [4.69, 9.17) is 19.9 Å². The molecule has 6 heteroatoms. The number of para-hydroxylation sites is 2. The van der Waals surface area contributed by atoms with E-state index in [1.54, 1.807) is 0 Å². The van der Waals surface area contributed by atoms with Crippen LogP contribution >= 0.6 is 0 Å². The highest BCUT2D eigenvalue weighted by Gasteiger charge is 2.21. The van der Waals surface area contributed by atoms with Crippen LogP contribution in [0, 0.1) is 0 Å². The van der Waals surface area contributed by atoms with Crippen LogP contribution in [0.1, 0.15) is 0 Å². The van der Waals surface area contributed by atoms with Gasteiger partial charge in [0.25, 0.3) is 0 Å². The Hall–Kier alpha value is -8.48. The van der Waals surface area contributed by atoms with Gasteiger partial charge in [0.05, 0.1) is 33.5 Å². The highest BCUT2D eigenvalue weighted by Crippen LogP contribution is 2.40. The van der Waals surface area contributed by atoms with Gasteiger partial charge in [0, 0.05) is 49.5 Å². The van der Waals surface area contributed by atoms with Crippen LogP contribution in [0.15, 0.2) is 218 Å². The zero-order valence-corrected chi connectivity index (χ0v) is 33.5. The summed E-state index contributed by atoms with van der Waals surface area (Å²) in [6.07, 6.45) is 0. The molecule has 0 spiro atoms. The average molecular weight is 793 g/mol. The van der Waals surface area contributed by atoms with Crippen LogP contribution in [-0.4, -0.2) is 29.1 Å². The van der Waals surface area contributed by atoms with Crippen LogP contribution in [0.4, 0.5) is 0 Å². The molecule has 0 aliphatic heterocycles. The first-order valence-corrected chi connectivity index (χ1v) is 20.8. The summed E-state index contributed by atoms with van der Waals surface area (Å²) >= 11 is 0. The molecule has 0 saturated heterocycles. The van der Waals surface area contributed by atoms with Crippen molar-refractivity contribution in [2.24, 2.45) is 0 Å². The van der Waals surface area contributed by atoms with Crippen molar-refractivity contribution in [1.82, 2.24) is 29.1 Å². The minimum Gasteiger partial charge on any atom is -0.309 e. The molecule has 0 bridgehead atoms. The predicted molar refractivity (Wildman–Crippen MR) is 253 cm³/mol. The van der Waals surface area contributed by atoms with Crippen molar-refractivity contribution in [3.8, 4) is 68.1 Å². The van der Waals surface area contributed by atoms with Gasteiger partial charge in [-0.3, -0.25) is 4.57 Å². The molecule has 290 valence electrons. The van der Waals surface area contributed by atoms with E-state index in [1.807, 2.05) is 66.7 Å². The van der Waals surface area contributed by atoms with Crippen LogP contribution in [0.25, 0.3) is 112 Å². The minimum absolute atomic E-state index is 0.574. The maximum absolute atomic E-state index is 5.17. The fourth-order valence-electron chi connectivity index (χ4n) is 8.82. The first-order chi connectivity index (χ1) is 30.7. The van der Waals surface area contributed by atoms with E-state index in [9.17, 15) is 0 Å². The monoisotopic (exact) mass is 792 g/mol. The van der Waals surface area contributed by atoms with Gasteiger partial charge in [0.15, 0.2) is 11.6 Å². The third kappa shape index (κ3) is 6.04. The molecule has 0 unspecified atom stereocenters. The highest BCUT2D eigenvalue weighted by atomic mass is 15.2. The fourth-order valence-corrected chi connectivity index (χ4v) is 8.82. The van der Waals surface area contributed by atoms with E-state index >= 15 is 0 Å². The smallest absolute Gasteiger partial charge is 0.238 e. The fraction of sp³-hybridized carbons (Fsp3) is 0. The Morgan fingerprint density at radius 3 is 1.23 bits per heavy atom. The van der Waals surface area contributed by atoms with E-state index in [0.29, 0.717) is 17.6 Å². The van der Waals surface area contributed by atoms with Gasteiger partial charge in [-0.05, 0) is 59.7 Å². The lowest BCUT2D eigenvalue weighted by molar-refractivity contribution is 0.954. The van der Waals surface area contributed by atoms with Crippen molar-refractivity contribution in [3.05, 3.63) is 218 Å². The lowest BCUT2D eigenvalue weighted by Gasteiger charge is -2.11. The van der Waals surface area contributed by atoms with Gasteiger partial charge in [0.1, 0.15) is 0 Å². The molecule has 0 amide bonds. The van der Waals surface area contributed by atoms with Gasteiger partial charge in [0.2, 0.25) is 5.95 Å². The molecule has 0 radical (unpaired) electrons. The Labute approximate surface area is 357 Å². The molecule has 0 saturated carbocycles. The summed E-state index contributed by atoms with van der Waals surface area (Å²) in [5, 5.41) is 4.56. The average Bonchev–Trinajstić information content (AvgIpc) is 3.86. The lowest BCUT2D eigenvalue weighted by atomic mass is 10.0. The second-order valence-corrected chi connectivity index (χ2v) is 15.5. The SMILES string of the molecule is c1ccc(-c2ccc(-c3cccc(-c4ccc(-n5c6ccccc6c6cc7c(cc65)c5ccccc5n7-c5nc(-c6ccccc6)nc(-c6ccccc6)n5)cc4)n3)cc2)cc1. The van der Waals surface area contributed by atoms with E-state index < -0.39 is 0 Å². The Bertz CT molecular complexity index is 3540. The molecule has 4 aromatic heterocycles. The lowest BCUT2D eigenvalue weighted by Crippen LogP contribution is -2.06. The number of benzene rings is 8. The van der Waals surface area contributed by atoms with E-state index in [1.165, 1.54) is 16.5 Å². The number of rotatable bonds is 7. The molecule has 4 heterocycles. The molecule has 12 rings (SSSR count). The number of aromatic nitrogens is 6. The van der Waals surface area contributed by atoms with Crippen LogP contribution in [-0.2, 0) is 0 Å². The van der Waals surface area contributed by atoms with Crippen LogP contribution in [0.2, 0.25) is 0 Å². The molecule has 0 fully saturated rings. The van der Waals surface area contributed by atoms with E-state index in [0.717, 1.165) is 77.6 Å². The van der Waals surface area contributed by atoms with Gasteiger partial charge >= 0.3 is 0 Å². The number of hydrogen-bond donors (Lipinski definition) is 0. The Balaban J connectivity index is 0.983. The summed E-state index contributed by atoms with van der Waals surface area (Å²) in [4.78, 5) is 20.4. The van der Waals surface area contributed by atoms with Crippen molar-refractivity contribution in [2.75, 3.05) is 0 Å². The molecule has 0 aliphatic carbocycles. The standard InChI is InChI=1S/C56H36N6/c1-4-15-37(16-5-1)38-27-29-39(30-28-38)48-23-14-24-49(57-48)40-31-33-43(34-32-40)61-50-25-12-10-21-44(50)46-36-53-47(35-52(46)61)45-22-11-13-26-51(45)62(53)56-59-54(41-17-6-2-7-18-41)58-55(60-56)42-19-8-3-9-20-42/h1-36H. The van der Waals surface area contributed by atoms with Crippen molar-refractivity contribution in [2.45, 2.75) is 0 Å². The molecular formula is C56H36N6. The van der Waals surface area contributed by atoms with E-state index in [2.05, 4.69) is 161 Å². The molecule has 0 atom stereocenters. The predicted octanol–water partition coefficient (Wildman–Crippen LogP) is 13.8. The zero-order chi connectivity index (χ0) is 41.0. The van der Waals surface area contributed by atoms with Crippen molar-refractivity contribution in [1.29, 1.82) is 0 Å². The van der Waals surface area contributed by atoms with Gasteiger partial charge in [-0.25, -0.2) is 9.97 Å². The first kappa shape index (κ1) is 35.5. The summed E-state index contributed by atoms with van der Waals surface area (Å²) in [6, 6.07) is 76.2. The topological polar surface area (TPSA) is 61.4 Å². The summed E-state index contributed by atoms with van der Waals surface area (Å²) < 4.78 is 4.58. The summed E-state index contributed by atoms with van der Waals surface area (Å²) in [7, 11) is 0. The molecule has 12 aromatic rings. The van der Waals surface area contributed by atoms with Gasteiger partial charge in [-0.15, -0.1) is 0 Å². The number of pyridine rings is 1. The first-order valence-electron chi connectivity index (χ1n) is 20.8. The van der Waals surface area contributed by atoms with Gasteiger partial charge < -0.3 is 4.57 Å². The Kier molecular flexibility index (Phi) is 8.38. The highest BCUT2D eigenvalue weighted by molar-refractivity contribution is 6.19. The van der Waals surface area contributed by atoms with Crippen LogP contribution in [0.5, 0.6) is 0 Å². The molecule has 0 N–H and O–H groups in total.